The quantitative estimate of drug-likeness (QED) is 0.519. The summed E-state index contributed by atoms with van der Waals surface area (Å²) in [5.74, 6) is -0.852. The van der Waals surface area contributed by atoms with Gasteiger partial charge in [-0.15, -0.1) is 0 Å². The number of carbonyl (C=O) groups excluding carboxylic acids is 2. The number of hydrogen-bond acceptors (Lipinski definition) is 5. The van der Waals surface area contributed by atoms with E-state index in [9.17, 15) is 14.0 Å². The molecule has 0 aliphatic carbocycles. The number of nitrogens with one attached hydrogen (secondary N) is 1. The van der Waals surface area contributed by atoms with Crippen LogP contribution in [0.25, 0.3) is 0 Å². The Balaban J connectivity index is 1.37. The molecule has 7 nitrogen and oxygen atoms in total. The second-order valence-electron chi connectivity index (χ2n) is 9.21. The second kappa shape index (κ2) is 11.2. The molecule has 1 saturated heterocycles. The number of anilines is 1. The van der Waals surface area contributed by atoms with Crippen molar-refractivity contribution in [2.75, 3.05) is 38.6 Å². The summed E-state index contributed by atoms with van der Waals surface area (Å²) < 4.78 is 20.0. The molecule has 2 heterocycles. The molecule has 0 radical (unpaired) electrons. The summed E-state index contributed by atoms with van der Waals surface area (Å²) in [6.45, 7) is 3.14. The maximum atomic E-state index is 14.1. The largest absolute Gasteiger partial charge is 0.472 e. The lowest BCUT2D eigenvalue weighted by molar-refractivity contribution is 0.0764. The monoisotopic (exact) mass is 490 g/mol. The van der Waals surface area contributed by atoms with Crippen LogP contribution in [0.5, 0.6) is 5.88 Å². The van der Waals surface area contributed by atoms with Crippen molar-refractivity contribution in [2.45, 2.75) is 25.9 Å². The number of likely N-dealkylation sites (tertiary alicyclic amines) is 1. The molecule has 1 aliphatic rings. The summed E-state index contributed by atoms with van der Waals surface area (Å²) in [5.41, 5.74) is 3.43. The smallest absolute Gasteiger partial charge is 0.254 e. The molecule has 0 unspecified atom stereocenters. The number of ether oxygens (including phenoxy) is 1. The fourth-order valence-corrected chi connectivity index (χ4v) is 4.14. The highest BCUT2D eigenvalue weighted by Crippen LogP contribution is 2.21. The summed E-state index contributed by atoms with van der Waals surface area (Å²) in [5, 5.41) is 2.86. The van der Waals surface area contributed by atoms with Crippen LogP contribution in [0.4, 0.5) is 10.1 Å². The van der Waals surface area contributed by atoms with Gasteiger partial charge in [-0.1, -0.05) is 18.2 Å². The Labute approximate surface area is 210 Å². The van der Waals surface area contributed by atoms with Crippen LogP contribution in [0.2, 0.25) is 0 Å². The number of rotatable bonds is 8. The van der Waals surface area contributed by atoms with Crippen molar-refractivity contribution in [3.63, 3.8) is 0 Å². The van der Waals surface area contributed by atoms with Crippen LogP contribution in [0, 0.1) is 12.7 Å². The summed E-state index contributed by atoms with van der Waals surface area (Å²) >= 11 is 0. The molecule has 1 fully saturated rings. The summed E-state index contributed by atoms with van der Waals surface area (Å²) in [4.78, 5) is 34.0. The third-order valence-electron chi connectivity index (χ3n) is 6.21. The Morgan fingerprint density at radius 2 is 1.89 bits per heavy atom. The van der Waals surface area contributed by atoms with Crippen molar-refractivity contribution >= 4 is 17.5 Å². The minimum Gasteiger partial charge on any atom is -0.472 e. The molecule has 1 aromatic heterocycles. The van der Waals surface area contributed by atoms with E-state index in [4.69, 9.17) is 4.74 Å². The minimum atomic E-state index is -0.563. The van der Waals surface area contributed by atoms with Gasteiger partial charge in [0.05, 0.1) is 17.7 Å². The fraction of sp³-hybridized carbons (Fsp3) is 0.321. The summed E-state index contributed by atoms with van der Waals surface area (Å²) in [6.07, 6.45) is 2.78. The minimum absolute atomic E-state index is 0.0527. The van der Waals surface area contributed by atoms with Gasteiger partial charge in [-0.05, 0) is 54.8 Å². The maximum Gasteiger partial charge on any atom is 0.254 e. The molecule has 2 aromatic carbocycles. The average molecular weight is 491 g/mol. The zero-order valence-corrected chi connectivity index (χ0v) is 20.8. The van der Waals surface area contributed by atoms with Crippen molar-refractivity contribution < 1.29 is 18.7 Å². The predicted octanol–water partition coefficient (Wildman–Crippen LogP) is 3.86. The van der Waals surface area contributed by atoms with E-state index in [1.165, 1.54) is 12.1 Å². The number of carbonyl (C=O) groups is 2. The maximum absolute atomic E-state index is 14.1. The first-order valence-electron chi connectivity index (χ1n) is 12.0. The number of benzene rings is 2. The van der Waals surface area contributed by atoms with E-state index in [1.54, 1.807) is 17.2 Å². The van der Waals surface area contributed by atoms with Gasteiger partial charge < -0.3 is 19.9 Å². The van der Waals surface area contributed by atoms with Crippen LogP contribution >= 0.6 is 0 Å². The molecule has 1 aliphatic heterocycles. The zero-order chi connectivity index (χ0) is 25.7. The molecule has 8 heteroatoms. The van der Waals surface area contributed by atoms with E-state index >= 15 is 0 Å². The third kappa shape index (κ3) is 6.19. The van der Waals surface area contributed by atoms with Crippen molar-refractivity contribution in [1.82, 2.24) is 15.2 Å². The number of hydrogen-bond donors (Lipinski definition) is 1. The van der Waals surface area contributed by atoms with Crippen molar-refractivity contribution in [1.29, 1.82) is 0 Å². The van der Waals surface area contributed by atoms with Crippen LogP contribution in [0.15, 0.2) is 60.8 Å². The van der Waals surface area contributed by atoms with Gasteiger partial charge >= 0.3 is 0 Å². The molecular formula is C28H31FN4O3. The van der Waals surface area contributed by atoms with Crippen molar-refractivity contribution in [3.8, 4) is 5.88 Å². The molecule has 0 bridgehead atoms. The lowest BCUT2D eigenvalue weighted by atomic mass is 10.0. The molecule has 36 heavy (non-hydrogen) atoms. The number of amides is 2. The van der Waals surface area contributed by atoms with Gasteiger partial charge in [-0.2, -0.15) is 0 Å². The van der Waals surface area contributed by atoms with E-state index in [0.29, 0.717) is 38.4 Å². The average Bonchev–Trinajstić information content (AvgIpc) is 3.33. The lowest BCUT2D eigenvalue weighted by Gasteiger charge is -2.19. The highest BCUT2D eigenvalue weighted by Gasteiger charge is 2.30. The Bertz CT molecular complexity index is 1210. The molecule has 0 saturated carbocycles. The summed E-state index contributed by atoms with van der Waals surface area (Å²) in [7, 11) is 3.96. The van der Waals surface area contributed by atoms with Crippen LogP contribution in [-0.4, -0.2) is 61.5 Å². The topological polar surface area (TPSA) is 74.8 Å². The molecule has 4 rings (SSSR count). The van der Waals surface area contributed by atoms with Crippen LogP contribution in [0.1, 0.15) is 38.3 Å². The molecule has 1 N–H and O–H groups in total. The van der Waals surface area contributed by atoms with Gasteiger partial charge in [-0.25, -0.2) is 9.37 Å². The van der Waals surface area contributed by atoms with Crippen molar-refractivity contribution in [3.05, 3.63) is 88.9 Å². The Morgan fingerprint density at radius 1 is 1.11 bits per heavy atom. The standard InChI is InChI=1S/C28H31FN4O3/c1-19-4-11-26(31-17-19)36-23-13-15-33(18-23)28(35)25-16-21(29)7-10-24(25)27(34)30-14-12-20-5-8-22(9-6-20)32(2)3/h4-11,16-17,23H,12-15,18H2,1-3H3,(H,30,34)/t23-/m1/s1. The van der Waals surface area contributed by atoms with Crippen molar-refractivity contribution in [2.24, 2.45) is 0 Å². The van der Waals surface area contributed by atoms with E-state index in [-0.39, 0.29) is 23.1 Å². The highest BCUT2D eigenvalue weighted by atomic mass is 19.1. The number of pyridine rings is 1. The predicted molar refractivity (Wildman–Crippen MR) is 137 cm³/mol. The highest BCUT2D eigenvalue weighted by molar-refractivity contribution is 6.07. The molecule has 1 atom stereocenters. The first kappa shape index (κ1) is 25.2. The van der Waals surface area contributed by atoms with Gasteiger partial charge in [0.1, 0.15) is 11.9 Å². The Hall–Kier alpha value is -3.94. The first-order valence-corrected chi connectivity index (χ1v) is 12.0. The number of halogens is 1. The SMILES string of the molecule is Cc1ccc(O[C@@H]2CCN(C(=O)c3cc(F)ccc3C(=O)NCCc3ccc(N(C)C)cc3)C2)nc1. The van der Waals surface area contributed by atoms with Crippen LogP contribution < -0.4 is 15.0 Å². The Morgan fingerprint density at radius 3 is 2.58 bits per heavy atom. The molecule has 188 valence electrons. The van der Waals surface area contributed by atoms with Gasteiger partial charge in [0.15, 0.2) is 0 Å². The first-order chi connectivity index (χ1) is 17.3. The molecule has 0 spiro atoms. The normalized spacial score (nSPS) is 15.0. The number of aryl methyl sites for hydroxylation is 1. The zero-order valence-electron chi connectivity index (χ0n) is 20.8. The third-order valence-corrected chi connectivity index (χ3v) is 6.21. The van der Waals surface area contributed by atoms with Crippen LogP contribution in [0.3, 0.4) is 0 Å². The van der Waals surface area contributed by atoms with Gasteiger partial charge in [-0.3, -0.25) is 9.59 Å². The van der Waals surface area contributed by atoms with E-state index in [2.05, 4.69) is 10.3 Å². The molecule has 2 amide bonds. The summed E-state index contributed by atoms with van der Waals surface area (Å²) in [6, 6.07) is 15.5. The van der Waals surface area contributed by atoms with E-state index in [0.717, 1.165) is 22.9 Å². The molecular weight excluding hydrogens is 459 g/mol. The lowest BCUT2D eigenvalue weighted by Crippen LogP contribution is -2.34. The molecule has 3 aromatic rings. The Kier molecular flexibility index (Phi) is 7.83. The van der Waals surface area contributed by atoms with Crippen LogP contribution in [-0.2, 0) is 6.42 Å². The van der Waals surface area contributed by atoms with Gasteiger partial charge in [0.2, 0.25) is 5.88 Å². The number of nitrogens with zero attached hydrogens (tertiary/aromatic N) is 3. The fourth-order valence-electron chi connectivity index (χ4n) is 4.14. The van der Waals surface area contributed by atoms with Gasteiger partial charge in [0, 0.05) is 51.6 Å². The second-order valence-corrected chi connectivity index (χ2v) is 9.21. The van der Waals surface area contributed by atoms with E-state index in [1.807, 2.05) is 56.3 Å². The number of aromatic nitrogens is 1. The van der Waals surface area contributed by atoms with Gasteiger partial charge in [0.25, 0.3) is 11.8 Å². The van der Waals surface area contributed by atoms with E-state index < -0.39 is 11.7 Å².